The molecule has 0 bridgehead atoms. The van der Waals surface area contributed by atoms with E-state index >= 15 is 0 Å². The molecule has 10 atom stereocenters. The summed E-state index contributed by atoms with van der Waals surface area (Å²) in [4.78, 5) is 139. The van der Waals surface area contributed by atoms with Crippen LogP contribution in [0.25, 0.3) is 0 Å². The van der Waals surface area contributed by atoms with E-state index in [4.69, 9.17) is 38.9 Å². The molecule has 8 amide bonds. The van der Waals surface area contributed by atoms with E-state index in [0.29, 0.717) is 56.6 Å². The Labute approximate surface area is 548 Å². The molecule has 0 radical (unpaired) electrons. The standard InChI is InChI=1S/C66H83N9O20/c1-35(2)54(71-46(77)15-7-6-8-25-75-47(78)20-21-48(75)79)61(85)70-41(13-10-22-68-64(67)86)60(84)69-38-18-16-37(17-19-38)34-92-65(87)73-24-11-23-72(26-27-73)33-45(76)66(88)31-40-51(58(83)53-52(56(40)81)55(80)39-12-9-14-43(89-4)50(39)57(53)82)44(32-66)94-49-30-42-59(36(3)93-49)95-62-63(90-5)91-29-28-74(42)62/h9,12,14,16-21,35-36,41-42,44,49,54,59,62-63,81,83,88H,6-8,10-11,13,15,22-34H2,1-5H3,(H,69,84)(H,70,85)(H,71,77)(H3,67,68,86)/t36-,41-,42-,44-,49-,54-,59+,62+,63-,66-/m0/s1. The number of carbonyl (C=O) groups is 10. The van der Waals surface area contributed by atoms with Crippen molar-refractivity contribution in [1.29, 1.82) is 0 Å². The van der Waals surface area contributed by atoms with Crippen LogP contribution >= 0.6 is 0 Å². The topological polar surface area (TPSA) is 383 Å². The summed E-state index contributed by atoms with van der Waals surface area (Å²) in [6.07, 6.45) is -1.20. The van der Waals surface area contributed by atoms with Gasteiger partial charge in [0.05, 0.1) is 49.2 Å². The molecule has 0 unspecified atom stereocenters. The summed E-state index contributed by atoms with van der Waals surface area (Å²) in [6, 6.07) is 7.76. The number of fused-ring (bicyclic) bond motifs is 6. The lowest BCUT2D eigenvalue weighted by Gasteiger charge is -2.43. The summed E-state index contributed by atoms with van der Waals surface area (Å²) >= 11 is 0. The Hall–Kier alpha value is -8.42. The molecule has 0 spiro atoms. The Morgan fingerprint density at radius 2 is 1.58 bits per heavy atom. The van der Waals surface area contributed by atoms with Crippen molar-refractivity contribution in [3.63, 3.8) is 0 Å². The third-order valence-electron chi connectivity index (χ3n) is 18.6. The molecule has 2 aliphatic carbocycles. The molecule has 0 aromatic heterocycles. The molecule has 0 saturated carbocycles. The maximum Gasteiger partial charge on any atom is 0.410 e. The van der Waals surface area contributed by atoms with Crippen molar-refractivity contribution in [3.05, 3.63) is 93.6 Å². The second kappa shape index (κ2) is 30.1. The second-order valence-electron chi connectivity index (χ2n) is 25.2. The summed E-state index contributed by atoms with van der Waals surface area (Å²) in [5.74, 6) is -6.21. The smallest absolute Gasteiger partial charge is 0.410 e. The van der Waals surface area contributed by atoms with Crippen LogP contribution in [0.15, 0.2) is 54.6 Å². The molecule has 95 heavy (non-hydrogen) atoms. The van der Waals surface area contributed by atoms with Gasteiger partial charge >= 0.3 is 12.1 Å². The van der Waals surface area contributed by atoms with Gasteiger partial charge in [-0.2, -0.15) is 0 Å². The van der Waals surface area contributed by atoms with Gasteiger partial charge in [-0.15, -0.1) is 0 Å². The molecule has 4 fully saturated rings. The van der Waals surface area contributed by atoms with Crippen LogP contribution in [0.5, 0.6) is 17.2 Å². The highest BCUT2D eigenvalue weighted by Gasteiger charge is 2.55. The van der Waals surface area contributed by atoms with Crippen molar-refractivity contribution < 1.29 is 96.4 Å². The number of nitrogens with one attached hydrogen (secondary N) is 4. The van der Waals surface area contributed by atoms with Gasteiger partial charge in [0.15, 0.2) is 30.4 Å². The predicted molar refractivity (Wildman–Crippen MR) is 334 cm³/mol. The Kier molecular flexibility index (Phi) is 22.0. The number of nitrogens with two attached hydrogens (primary N) is 1. The van der Waals surface area contributed by atoms with E-state index in [2.05, 4.69) is 26.2 Å². The number of aliphatic hydroxyl groups is 1. The van der Waals surface area contributed by atoms with Crippen molar-refractivity contribution in [3.8, 4) is 17.2 Å². The van der Waals surface area contributed by atoms with Gasteiger partial charge in [0.1, 0.15) is 47.6 Å². The van der Waals surface area contributed by atoms with Crippen LogP contribution in [0, 0.1) is 5.92 Å². The number of phenolic OH excluding ortho intramolecular Hbond substituents is 2. The molecular formula is C66H83N9O20. The molecule has 29 heteroatoms. The monoisotopic (exact) mass is 1320 g/mol. The zero-order valence-electron chi connectivity index (χ0n) is 53.8. The average Bonchev–Trinajstić information content (AvgIpc) is 1.38. The normalized spacial score (nSPS) is 24.7. The Bertz CT molecular complexity index is 3470. The first-order valence-corrected chi connectivity index (χ1v) is 32.2. The average molecular weight is 1320 g/mol. The zero-order valence-corrected chi connectivity index (χ0v) is 53.8. The van der Waals surface area contributed by atoms with E-state index in [1.807, 2.05) is 6.92 Å². The van der Waals surface area contributed by atoms with Gasteiger partial charge < -0.3 is 80.4 Å². The number of amides is 8. The molecular weight excluding hydrogens is 1240 g/mol. The largest absolute Gasteiger partial charge is 0.507 e. The quantitative estimate of drug-likeness (QED) is 0.0268. The number of rotatable bonds is 25. The van der Waals surface area contributed by atoms with Gasteiger partial charge in [0.2, 0.25) is 23.5 Å². The summed E-state index contributed by atoms with van der Waals surface area (Å²) in [5, 5.41) is 48.0. The number of Topliss-reactive ketones (excluding diaryl/α,β-unsaturated/α-hetero) is 1. The zero-order chi connectivity index (χ0) is 68.0. The van der Waals surface area contributed by atoms with Crippen molar-refractivity contribution in [2.45, 2.75) is 152 Å². The first-order valence-electron chi connectivity index (χ1n) is 32.2. The van der Waals surface area contributed by atoms with Crippen LogP contribution in [0.4, 0.5) is 15.3 Å². The highest BCUT2D eigenvalue weighted by molar-refractivity contribution is 6.31. The van der Waals surface area contributed by atoms with Crippen molar-refractivity contribution in [1.82, 2.24) is 35.6 Å². The van der Waals surface area contributed by atoms with Crippen LogP contribution in [0.2, 0.25) is 0 Å². The van der Waals surface area contributed by atoms with Gasteiger partial charge in [0, 0.05) is 119 Å². The molecule has 4 saturated heterocycles. The Morgan fingerprint density at radius 3 is 2.29 bits per heavy atom. The number of carbonyl (C=O) groups excluding carboxylic acids is 10. The Balaban J connectivity index is 0.751. The lowest BCUT2D eigenvalue weighted by molar-refractivity contribution is -0.256. The third-order valence-corrected chi connectivity index (χ3v) is 18.6. The number of hydrogen-bond acceptors (Lipinski definition) is 22. The fraction of sp³-hybridized carbons (Fsp3) is 0.545. The fourth-order valence-corrected chi connectivity index (χ4v) is 13.6. The third kappa shape index (κ3) is 15.3. The number of unbranched alkanes of at least 4 members (excludes halogenated alkanes) is 2. The van der Waals surface area contributed by atoms with Gasteiger partial charge in [0.25, 0.3) is 11.8 Å². The fourth-order valence-electron chi connectivity index (χ4n) is 13.6. The molecule has 5 aliphatic heterocycles. The number of imide groups is 1. The van der Waals surface area contributed by atoms with Crippen LogP contribution in [0.1, 0.15) is 133 Å². The minimum absolute atomic E-state index is 0.0720. The molecule has 3 aromatic carbocycles. The molecule has 7 aliphatic rings. The molecule has 5 heterocycles. The first kappa shape index (κ1) is 69.4. The number of nitrogens with zero attached hydrogens (tertiary/aromatic N) is 4. The van der Waals surface area contributed by atoms with E-state index in [1.54, 1.807) is 43.0 Å². The maximum atomic E-state index is 14.8. The van der Waals surface area contributed by atoms with Crippen LogP contribution in [-0.4, -0.2) is 222 Å². The number of phenols is 2. The summed E-state index contributed by atoms with van der Waals surface area (Å²) < 4.78 is 42.1. The van der Waals surface area contributed by atoms with E-state index in [-0.39, 0.29) is 123 Å². The number of aromatic hydroxyl groups is 2. The minimum Gasteiger partial charge on any atom is -0.507 e. The molecule has 9 N–H and O–H groups in total. The van der Waals surface area contributed by atoms with E-state index in [1.165, 1.54) is 49.5 Å². The number of urea groups is 1. The molecule has 10 rings (SSSR count). The van der Waals surface area contributed by atoms with Gasteiger partial charge in [-0.25, -0.2) is 9.59 Å². The number of hydrogen-bond donors (Lipinski definition) is 8. The highest BCUT2D eigenvalue weighted by Crippen LogP contribution is 2.53. The van der Waals surface area contributed by atoms with Crippen molar-refractivity contribution in [2.24, 2.45) is 11.7 Å². The predicted octanol–water partition coefficient (Wildman–Crippen LogP) is 2.56. The molecule has 29 nitrogen and oxygen atoms in total. The lowest BCUT2D eigenvalue weighted by atomic mass is 9.71. The Morgan fingerprint density at radius 1 is 0.832 bits per heavy atom. The number of anilines is 1. The number of ketones is 3. The second-order valence-corrected chi connectivity index (χ2v) is 25.2. The highest BCUT2D eigenvalue weighted by atomic mass is 16.7. The van der Waals surface area contributed by atoms with Gasteiger partial charge in [-0.1, -0.05) is 44.5 Å². The number of benzene rings is 3. The van der Waals surface area contributed by atoms with Gasteiger partial charge in [-0.05, 0) is 68.7 Å². The van der Waals surface area contributed by atoms with E-state index < -0.39 is 137 Å². The number of ether oxygens (including phenoxy) is 7. The minimum atomic E-state index is -2.27. The molecule has 3 aromatic rings. The van der Waals surface area contributed by atoms with Gasteiger partial charge in [-0.3, -0.25) is 53.1 Å². The maximum absolute atomic E-state index is 14.8. The SMILES string of the molecule is COc1cccc2c1C(=O)c1c(O)c3c(c(O)c1C2=O)C[C@@](O)(C(=O)CN1CCCN(C(=O)OCc2ccc(NC(=O)[C@H](CCCNC(N)=O)NC(=O)[C@@H](NC(=O)CCCCCN4C(=O)C=CC4=O)C(C)C)cc2)CC1)C[C@@H]3O[C@H]1C[C@H]2[C@H](O[C@@H]3[C@@H](OC)OCCN32)[C@H](C)O1. The van der Waals surface area contributed by atoms with E-state index in [0.717, 1.165) is 4.90 Å². The van der Waals surface area contributed by atoms with E-state index in [9.17, 15) is 63.3 Å². The van der Waals surface area contributed by atoms with Crippen LogP contribution in [-0.2, 0) is 70.2 Å². The number of morpholine rings is 1. The molecule has 512 valence electrons. The lowest BCUT2D eigenvalue weighted by Crippen LogP contribution is -2.55. The number of methoxy groups -OCH3 is 2. The van der Waals surface area contributed by atoms with Crippen LogP contribution < -0.4 is 31.7 Å². The van der Waals surface area contributed by atoms with Crippen molar-refractivity contribution in [2.75, 3.05) is 78.5 Å². The summed E-state index contributed by atoms with van der Waals surface area (Å²) in [7, 11) is 2.86. The first-order chi connectivity index (χ1) is 45.5. The van der Waals surface area contributed by atoms with Crippen LogP contribution in [0.3, 0.4) is 0 Å². The summed E-state index contributed by atoms with van der Waals surface area (Å²) in [6.45, 7) is 7.02. The van der Waals surface area contributed by atoms with Crippen molar-refractivity contribution >= 4 is 64.7 Å². The number of primary amides is 1. The summed E-state index contributed by atoms with van der Waals surface area (Å²) in [5.41, 5.74) is 2.52.